The van der Waals surface area contributed by atoms with Crippen LogP contribution in [0.2, 0.25) is 0 Å². The lowest BCUT2D eigenvalue weighted by atomic mass is 10.3. The summed E-state index contributed by atoms with van der Waals surface area (Å²) in [5.74, 6) is -0.503. The molecule has 5 heteroatoms. The first kappa shape index (κ1) is 10.3. The first-order valence-corrected chi connectivity index (χ1v) is 3.70. The summed E-state index contributed by atoms with van der Waals surface area (Å²) < 4.78 is 4.40. The lowest BCUT2D eigenvalue weighted by Crippen LogP contribution is -2.41. The Hall–Kier alpha value is -0.710. The van der Waals surface area contributed by atoms with Crippen molar-refractivity contribution in [3.63, 3.8) is 0 Å². The Bertz CT molecular complexity index is 160. The van der Waals surface area contributed by atoms with Crippen molar-refractivity contribution in [1.29, 1.82) is 0 Å². The van der Waals surface area contributed by atoms with E-state index < -0.39 is 12.0 Å². The summed E-state index contributed by atoms with van der Waals surface area (Å²) in [4.78, 5) is 21.3. The Kier molecular flexibility index (Phi) is 4.69. The Labute approximate surface area is 70.7 Å². The minimum absolute atomic E-state index is 0.242. The predicted molar refractivity (Wildman–Crippen MR) is 43.5 cm³/mol. The van der Waals surface area contributed by atoms with Crippen LogP contribution in [0.1, 0.15) is 6.92 Å². The summed E-state index contributed by atoms with van der Waals surface area (Å²) in [7, 11) is 1.26. The van der Waals surface area contributed by atoms with Crippen LogP contribution in [-0.2, 0) is 14.3 Å². The molecule has 0 rings (SSSR count). The molecule has 0 aromatic heterocycles. The van der Waals surface area contributed by atoms with Crippen molar-refractivity contribution >= 4 is 24.5 Å². The zero-order chi connectivity index (χ0) is 8.85. The zero-order valence-corrected chi connectivity index (χ0v) is 7.35. The normalized spacial score (nSPS) is 11.9. The maximum atomic E-state index is 10.8. The lowest BCUT2D eigenvalue weighted by Gasteiger charge is -2.11. The first-order chi connectivity index (χ1) is 5.11. The molecule has 0 fully saturated rings. The van der Waals surface area contributed by atoms with Crippen LogP contribution in [0, 0.1) is 0 Å². The van der Waals surface area contributed by atoms with Gasteiger partial charge in [0.05, 0.1) is 7.11 Å². The van der Waals surface area contributed by atoms with Gasteiger partial charge >= 0.3 is 5.97 Å². The zero-order valence-electron chi connectivity index (χ0n) is 6.46. The third kappa shape index (κ3) is 3.87. The van der Waals surface area contributed by atoms with Crippen molar-refractivity contribution in [2.75, 3.05) is 12.9 Å². The van der Waals surface area contributed by atoms with Gasteiger partial charge in [0.1, 0.15) is 6.04 Å². The largest absolute Gasteiger partial charge is 0.467 e. The topological polar surface area (TPSA) is 55.4 Å². The molecule has 1 atom stereocenters. The van der Waals surface area contributed by atoms with E-state index in [9.17, 15) is 9.59 Å². The Morgan fingerprint density at radius 1 is 1.64 bits per heavy atom. The summed E-state index contributed by atoms with van der Waals surface area (Å²) in [6.07, 6.45) is 0. The molecule has 0 bridgehead atoms. The lowest BCUT2D eigenvalue weighted by molar-refractivity contribution is -0.144. The fourth-order valence-corrected chi connectivity index (χ4v) is 0.807. The highest BCUT2D eigenvalue weighted by molar-refractivity contribution is 7.80. The summed E-state index contributed by atoms with van der Waals surface area (Å²) >= 11 is 3.87. The van der Waals surface area contributed by atoms with E-state index in [4.69, 9.17) is 0 Å². The third-order valence-corrected chi connectivity index (χ3v) is 1.41. The fraction of sp³-hybridized carbons (Fsp3) is 0.667. The van der Waals surface area contributed by atoms with Crippen molar-refractivity contribution in [3.8, 4) is 0 Å². The summed E-state index contributed by atoms with van der Waals surface area (Å²) in [6, 6.07) is -0.638. The molecule has 1 N–H and O–H groups in total. The monoisotopic (exact) mass is 177 g/mol. The van der Waals surface area contributed by atoms with Crippen LogP contribution >= 0.6 is 12.6 Å². The van der Waals surface area contributed by atoms with Crippen molar-refractivity contribution in [2.45, 2.75) is 13.0 Å². The summed E-state index contributed by atoms with van der Waals surface area (Å²) in [6.45, 7) is 1.33. The highest BCUT2D eigenvalue weighted by Gasteiger charge is 2.17. The SMILES string of the molecule is COC(=O)[C@H](CS)NC(C)=O. The van der Waals surface area contributed by atoms with E-state index in [1.54, 1.807) is 0 Å². The second kappa shape index (κ2) is 5.01. The molecule has 0 saturated heterocycles. The van der Waals surface area contributed by atoms with Crippen molar-refractivity contribution in [3.05, 3.63) is 0 Å². The van der Waals surface area contributed by atoms with Gasteiger partial charge in [-0.1, -0.05) is 0 Å². The number of ether oxygens (including phenoxy) is 1. The van der Waals surface area contributed by atoms with Gasteiger partial charge in [0, 0.05) is 12.7 Å². The minimum Gasteiger partial charge on any atom is -0.467 e. The van der Waals surface area contributed by atoms with Crippen molar-refractivity contribution in [2.24, 2.45) is 0 Å². The predicted octanol–water partition coefficient (Wildman–Crippen LogP) is -0.406. The minimum atomic E-state index is -0.638. The van der Waals surface area contributed by atoms with Gasteiger partial charge in [-0.3, -0.25) is 4.79 Å². The van der Waals surface area contributed by atoms with E-state index in [1.807, 2.05) is 0 Å². The molecule has 0 radical (unpaired) electrons. The number of carbonyl (C=O) groups excluding carboxylic acids is 2. The summed E-state index contributed by atoms with van der Waals surface area (Å²) in [5.41, 5.74) is 0. The van der Waals surface area contributed by atoms with E-state index in [2.05, 4.69) is 22.7 Å². The van der Waals surface area contributed by atoms with E-state index in [0.717, 1.165) is 0 Å². The second-order valence-electron chi connectivity index (χ2n) is 1.96. The van der Waals surface area contributed by atoms with Gasteiger partial charge < -0.3 is 10.1 Å². The van der Waals surface area contributed by atoms with E-state index >= 15 is 0 Å². The number of nitrogens with one attached hydrogen (secondary N) is 1. The molecule has 0 aliphatic carbocycles. The van der Waals surface area contributed by atoms with Crippen LogP contribution in [0.3, 0.4) is 0 Å². The number of esters is 1. The van der Waals surface area contributed by atoms with Gasteiger partial charge in [-0.15, -0.1) is 0 Å². The smallest absolute Gasteiger partial charge is 0.329 e. The van der Waals surface area contributed by atoms with Gasteiger partial charge in [0.15, 0.2) is 0 Å². The van der Waals surface area contributed by atoms with Crippen LogP contribution in [0.5, 0.6) is 0 Å². The highest BCUT2D eigenvalue weighted by atomic mass is 32.1. The Morgan fingerprint density at radius 3 is 2.45 bits per heavy atom. The van der Waals surface area contributed by atoms with Crippen molar-refractivity contribution < 1.29 is 14.3 Å². The van der Waals surface area contributed by atoms with Gasteiger partial charge in [0.2, 0.25) is 5.91 Å². The molecule has 11 heavy (non-hydrogen) atoms. The molecular weight excluding hydrogens is 166 g/mol. The summed E-state index contributed by atoms with van der Waals surface area (Å²) in [5, 5.41) is 2.39. The number of amides is 1. The molecule has 0 saturated carbocycles. The van der Waals surface area contributed by atoms with Gasteiger partial charge in [0.25, 0.3) is 0 Å². The van der Waals surface area contributed by atoms with E-state index in [0.29, 0.717) is 0 Å². The van der Waals surface area contributed by atoms with Gasteiger partial charge in [-0.2, -0.15) is 12.6 Å². The molecular formula is C6H11NO3S. The first-order valence-electron chi connectivity index (χ1n) is 3.07. The van der Waals surface area contributed by atoms with E-state index in [1.165, 1.54) is 14.0 Å². The van der Waals surface area contributed by atoms with Crippen LogP contribution < -0.4 is 5.32 Å². The second-order valence-corrected chi connectivity index (χ2v) is 2.32. The molecule has 0 unspecified atom stereocenters. The van der Waals surface area contributed by atoms with Crippen LogP contribution in [0.25, 0.3) is 0 Å². The number of methoxy groups -OCH3 is 1. The third-order valence-electron chi connectivity index (χ3n) is 1.05. The molecule has 0 spiro atoms. The van der Waals surface area contributed by atoms with Gasteiger partial charge in [-0.25, -0.2) is 4.79 Å². The van der Waals surface area contributed by atoms with Crippen LogP contribution in [0.15, 0.2) is 0 Å². The standard InChI is InChI=1S/C6H11NO3S/c1-4(8)7-5(3-11)6(9)10-2/h5,11H,3H2,1-2H3,(H,7,8)/t5-/m0/s1. The van der Waals surface area contributed by atoms with Gasteiger partial charge in [-0.05, 0) is 0 Å². The number of carbonyl (C=O) groups is 2. The average molecular weight is 177 g/mol. The Morgan fingerprint density at radius 2 is 2.18 bits per heavy atom. The highest BCUT2D eigenvalue weighted by Crippen LogP contribution is 1.90. The fourth-order valence-electron chi connectivity index (χ4n) is 0.567. The molecule has 4 nitrogen and oxygen atoms in total. The molecule has 1 amide bonds. The number of hydrogen-bond acceptors (Lipinski definition) is 4. The number of hydrogen-bond donors (Lipinski definition) is 2. The van der Waals surface area contributed by atoms with Crippen LogP contribution in [0.4, 0.5) is 0 Å². The quantitative estimate of drug-likeness (QED) is 0.455. The number of rotatable bonds is 3. The molecule has 0 aliphatic rings. The molecule has 64 valence electrons. The average Bonchev–Trinajstić information content (AvgIpc) is 1.98. The molecule has 0 aromatic rings. The van der Waals surface area contributed by atoms with Crippen LogP contribution in [-0.4, -0.2) is 30.8 Å². The maximum Gasteiger partial charge on any atom is 0.329 e. The Balaban J connectivity index is 3.94. The number of thiol groups is 1. The molecule has 0 aromatic carbocycles. The van der Waals surface area contributed by atoms with E-state index in [-0.39, 0.29) is 11.7 Å². The molecule has 0 heterocycles. The maximum absolute atomic E-state index is 10.8. The van der Waals surface area contributed by atoms with Crippen molar-refractivity contribution in [1.82, 2.24) is 5.32 Å². The molecule has 0 aliphatic heterocycles.